The van der Waals surface area contributed by atoms with Crippen molar-refractivity contribution in [2.75, 3.05) is 36.5 Å². The second kappa shape index (κ2) is 9.88. The fourth-order valence-electron chi connectivity index (χ4n) is 3.97. The van der Waals surface area contributed by atoms with E-state index in [4.69, 9.17) is 9.72 Å². The fourth-order valence-corrected chi connectivity index (χ4v) is 3.97. The molecule has 36 heavy (non-hydrogen) atoms. The Morgan fingerprint density at radius 3 is 2.53 bits per heavy atom. The second-order valence-corrected chi connectivity index (χ2v) is 8.20. The molecule has 0 aliphatic carbocycles. The van der Waals surface area contributed by atoms with E-state index in [1.54, 1.807) is 23.4 Å². The number of aromatic nitrogens is 7. The summed E-state index contributed by atoms with van der Waals surface area (Å²) >= 11 is 0. The molecule has 1 N–H and O–H groups in total. The number of hydrogen-bond acceptors (Lipinski definition) is 9. The van der Waals surface area contributed by atoms with Crippen molar-refractivity contribution in [3.63, 3.8) is 0 Å². The van der Waals surface area contributed by atoms with Gasteiger partial charge in [0.2, 0.25) is 5.95 Å². The van der Waals surface area contributed by atoms with Crippen LogP contribution in [0.4, 0.5) is 17.3 Å². The monoisotopic (exact) mass is 477 g/mol. The molecule has 0 amide bonds. The number of pyridine rings is 2. The minimum absolute atomic E-state index is 0.509. The molecule has 5 heterocycles. The SMILES string of the molecule is c1ccc(-c2ncn(-c3ccc(Nc4nccc(-c5cncc(N6CCOCC6)c5)n4)cc3)n2)nc1. The number of nitrogens with zero attached hydrogens (tertiary/aromatic N) is 8. The highest BCUT2D eigenvalue weighted by molar-refractivity contribution is 5.66. The Balaban J connectivity index is 1.17. The molecule has 0 bridgehead atoms. The van der Waals surface area contributed by atoms with Crippen LogP contribution < -0.4 is 10.2 Å². The average molecular weight is 478 g/mol. The third kappa shape index (κ3) is 4.75. The summed E-state index contributed by atoms with van der Waals surface area (Å²) in [6.07, 6.45) is 8.85. The van der Waals surface area contributed by atoms with Crippen LogP contribution in [0.25, 0.3) is 28.5 Å². The molecule has 178 valence electrons. The lowest BCUT2D eigenvalue weighted by molar-refractivity contribution is 0.122. The average Bonchev–Trinajstić information content (AvgIpc) is 3.45. The zero-order valence-electron chi connectivity index (χ0n) is 19.4. The standard InChI is InChI=1S/C26H23N9O/c1-2-9-28-24(3-1)25-30-18-35(33-25)21-6-4-20(5-7-21)31-26-29-10-8-23(32-26)19-15-22(17-27-16-19)34-11-13-36-14-12-34/h1-10,15-18H,11-14H2,(H,29,31,32). The molecule has 1 saturated heterocycles. The van der Waals surface area contributed by atoms with Crippen molar-refractivity contribution >= 4 is 17.3 Å². The largest absolute Gasteiger partial charge is 0.378 e. The highest BCUT2D eigenvalue weighted by Crippen LogP contribution is 2.24. The van der Waals surface area contributed by atoms with Crippen LogP contribution >= 0.6 is 0 Å². The molecule has 1 aliphatic rings. The van der Waals surface area contributed by atoms with E-state index in [1.807, 2.05) is 60.9 Å². The van der Waals surface area contributed by atoms with Gasteiger partial charge in [-0.25, -0.2) is 19.6 Å². The molecule has 0 saturated carbocycles. The number of ether oxygens (including phenoxy) is 1. The maximum Gasteiger partial charge on any atom is 0.227 e. The van der Waals surface area contributed by atoms with Gasteiger partial charge in [-0.1, -0.05) is 6.07 Å². The van der Waals surface area contributed by atoms with Gasteiger partial charge in [-0.05, 0) is 48.5 Å². The maximum atomic E-state index is 5.46. The Bertz CT molecular complexity index is 1450. The third-order valence-corrected chi connectivity index (χ3v) is 5.83. The fraction of sp³-hybridized carbons (Fsp3) is 0.154. The topological polar surface area (TPSA) is 107 Å². The molecule has 0 atom stereocenters. The van der Waals surface area contributed by atoms with Crippen molar-refractivity contribution in [2.45, 2.75) is 0 Å². The highest BCUT2D eigenvalue weighted by Gasteiger charge is 2.13. The Kier molecular flexibility index (Phi) is 5.99. The zero-order chi connectivity index (χ0) is 24.2. The van der Waals surface area contributed by atoms with Crippen molar-refractivity contribution < 1.29 is 4.74 Å². The summed E-state index contributed by atoms with van der Waals surface area (Å²) in [6.45, 7) is 3.17. The molecular formula is C26H23N9O. The van der Waals surface area contributed by atoms with E-state index in [-0.39, 0.29) is 0 Å². The van der Waals surface area contributed by atoms with Gasteiger partial charge < -0.3 is 15.0 Å². The maximum absolute atomic E-state index is 5.46. The molecule has 0 spiro atoms. The molecule has 1 aromatic carbocycles. The minimum Gasteiger partial charge on any atom is -0.378 e. The van der Waals surface area contributed by atoms with Gasteiger partial charge in [-0.15, -0.1) is 5.10 Å². The van der Waals surface area contributed by atoms with Crippen molar-refractivity contribution in [3.05, 3.63) is 85.7 Å². The van der Waals surface area contributed by atoms with Crippen LogP contribution in [0.3, 0.4) is 0 Å². The quantitative estimate of drug-likeness (QED) is 0.391. The van der Waals surface area contributed by atoms with E-state index in [0.717, 1.165) is 60.3 Å². The number of morpholine rings is 1. The van der Waals surface area contributed by atoms with Gasteiger partial charge in [-0.3, -0.25) is 9.97 Å². The van der Waals surface area contributed by atoms with Gasteiger partial charge in [-0.2, -0.15) is 0 Å². The number of rotatable bonds is 6. The smallest absolute Gasteiger partial charge is 0.227 e. The molecule has 1 aliphatic heterocycles. The predicted molar refractivity (Wildman–Crippen MR) is 136 cm³/mol. The lowest BCUT2D eigenvalue weighted by Crippen LogP contribution is -2.36. The first-order valence-corrected chi connectivity index (χ1v) is 11.6. The van der Waals surface area contributed by atoms with Crippen molar-refractivity contribution in [2.24, 2.45) is 0 Å². The summed E-state index contributed by atoms with van der Waals surface area (Å²) in [5, 5.41) is 7.81. The molecule has 0 unspecified atom stereocenters. The predicted octanol–water partition coefficient (Wildman–Crippen LogP) is 3.76. The minimum atomic E-state index is 0.509. The van der Waals surface area contributed by atoms with Gasteiger partial charge in [0.15, 0.2) is 5.82 Å². The first-order chi connectivity index (χ1) is 17.8. The Morgan fingerprint density at radius 1 is 0.806 bits per heavy atom. The normalized spacial score (nSPS) is 13.5. The van der Waals surface area contributed by atoms with Crippen LogP contribution in [0.15, 0.2) is 85.7 Å². The van der Waals surface area contributed by atoms with E-state index in [2.05, 4.69) is 41.3 Å². The van der Waals surface area contributed by atoms with E-state index in [1.165, 1.54) is 0 Å². The molecule has 5 aromatic rings. The van der Waals surface area contributed by atoms with Crippen LogP contribution in [0, 0.1) is 0 Å². The first kappa shape index (κ1) is 21.8. The highest BCUT2D eigenvalue weighted by atomic mass is 16.5. The van der Waals surface area contributed by atoms with Gasteiger partial charge in [0.05, 0.1) is 36.5 Å². The van der Waals surface area contributed by atoms with Crippen LogP contribution in [0.2, 0.25) is 0 Å². The summed E-state index contributed by atoms with van der Waals surface area (Å²) in [4.78, 5) is 24.5. The number of benzene rings is 1. The second-order valence-electron chi connectivity index (χ2n) is 8.20. The molecule has 4 aromatic heterocycles. The van der Waals surface area contributed by atoms with Crippen molar-refractivity contribution in [1.29, 1.82) is 0 Å². The molecular weight excluding hydrogens is 454 g/mol. The van der Waals surface area contributed by atoms with Crippen LogP contribution in [-0.4, -0.2) is 61.0 Å². The summed E-state index contributed by atoms with van der Waals surface area (Å²) < 4.78 is 7.18. The van der Waals surface area contributed by atoms with E-state index in [9.17, 15) is 0 Å². The van der Waals surface area contributed by atoms with E-state index >= 15 is 0 Å². The van der Waals surface area contributed by atoms with Crippen molar-refractivity contribution in [1.82, 2.24) is 34.7 Å². The molecule has 1 fully saturated rings. The number of anilines is 3. The van der Waals surface area contributed by atoms with Gasteiger partial charge in [0.25, 0.3) is 0 Å². The first-order valence-electron chi connectivity index (χ1n) is 11.6. The lowest BCUT2D eigenvalue weighted by Gasteiger charge is -2.28. The van der Waals surface area contributed by atoms with Gasteiger partial charge in [0.1, 0.15) is 12.0 Å². The molecule has 6 rings (SSSR count). The Morgan fingerprint density at radius 2 is 1.69 bits per heavy atom. The summed E-state index contributed by atoms with van der Waals surface area (Å²) in [6, 6.07) is 17.5. The Labute approximate surface area is 207 Å². The third-order valence-electron chi connectivity index (χ3n) is 5.83. The number of hydrogen-bond donors (Lipinski definition) is 1. The van der Waals surface area contributed by atoms with Gasteiger partial charge >= 0.3 is 0 Å². The summed E-state index contributed by atoms with van der Waals surface area (Å²) in [7, 11) is 0. The van der Waals surface area contributed by atoms with E-state index in [0.29, 0.717) is 11.8 Å². The summed E-state index contributed by atoms with van der Waals surface area (Å²) in [5.41, 5.74) is 5.29. The Hall–Kier alpha value is -4.70. The number of nitrogens with one attached hydrogen (secondary N) is 1. The van der Waals surface area contributed by atoms with Crippen molar-refractivity contribution in [3.8, 4) is 28.5 Å². The van der Waals surface area contributed by atoms with E-state index < -0.39 is 0 Å². The van der Waals surface area contributed by atoms with Crippen LogP contribution in [0.5, 0.6) is 0 Å². The zero-order valence-corrected chi connectivity index (χ0v) is 19.4. The molecule has 10 heteroatoms. The van der Waals surface area contributed by atoms with Gasteiger partial charge in [0, 0.05) is 42.9 Å². The molecule has 10 nitrogen and oxygen atoms in total. The summed E-state index contributed by atoms with van der Waals surface area (Å²) in [5.74, 6) is 1.09. The van der Waals surface area contributed by atoms with Crippen LogP contribution in [-0.2, 0) is 4.74 Å². The lowest BCUT2D eigenvalue weighted by atomic mass is 10.2. The molecule has 0 radical (unpaired) electrons. The van der Waals surface area contributed by atoms with Crippen LogP contribution in [0.1, 0.15) is 0 Å².